The van der Waals surface area contributed by atoms with E-state index in [1.165, 1.54) is 18.4 Å². The van der Waals surface area contributed by atoms with Gasteiger partial charge in [0, 0.05) is 0 Å². The Bertz CT molecular complexity index is 406. The normalized spacial score (nSPS) is 11.0. The van der Waals surface area contributed by atoms with Crippen LogP contribution in [-0.2, 0) is 9.53 Å². The van der Waals surface area contributed by atoms with Crippen LogP contribution in [0, 0.1) is 0 Å². The van der Waals surface area contributed by atoms with Crippen molar-refractivity contribution < 1.29 is 14.3 Å². The van der Waals surface area contributed by atoms with E-state index in [9.17, 15) is 9.59 Å². The largest absolute Gasteiger partial charge is 0.465 e. The monoisotopic (exact) mass is 242 g/mol. The van der Waals surface area contributed by atoms with Gasteiger partial charge in [0.05, 0.1) is 18.3 Å². The summed E-state index contributed by atoms with van der Waals surface area (Å²) in [6.07, 6.45) is 0. The first-order chi connectivity index (χ1) is 7.36. The van der Waals surface area contributed by atoms with Crippen LogP contribution in [0.1, 0.15) is 23.5 Å². The number of esters is 1. The number of ether oxygens (including phenoxy) is 1. The first-order valence-corrected chi connectivity index (χ1v) is 5.50. The molecule has 1 rings (SSSR count). The van der Waals surface area contributed by atoms with E-state index in [1.807, 2.05) is 0 Å². The summed E-state index contributed by atoms with van der Waals surface area (Å²) < 4.78 is 4.59. The van der Waals surface area contributed by atoms with Gasteiger partial charge >= 0.3 is 5.97 Å². The highest BCUT2D eigenvalue weighted by Gasteiger charge is 2.24. The first kappa shape index (κ1) is 12.7. The second kappa shape index (κ2) is 4.63. The van der Waals surface area contributed by atoms with Crippen molar-refractivity contribution in [2.45, 2.75) is 19.4 Å². The fourth-order valence-corrected chi connectivity index (χ4v) is 1.71. The van der Waals surface area contributed by atoms with Crippen molar-refractivity contribution in [1.29, 1.82) is 0 Å². The molecule has 0 atom stereocenters. The van der Waals surface area contributed by atoms with Crippen LogP contribution in [0.25, 0.3) is 0 Å². The minimum Gasteiger partial charge on any atom is -0.465 e. The van der Waals surface area contributed by atoms with Gasteiger partial charge in [-0.1, -0.05) is 0 Å². The summed E-state index contributed by atoms with van der Waals surface area (Å²) in [5.41, 5.74) is 5.07. The third kappa shape index (κ3) is 2.80. The van der Waals surface area contributed by atoms with Gasteiger partial charge in [-0.05, 0) is 25.3 Å². The van der Waals surface area contributed by atoms with Crippen molar-refractivity contribution in [2.75, 3.05) is 12.4 Å². The molecule has 0 fully saturated rings. The molecule has 0 aliphatic rings. The Balaban J connectivity index is 2.87. The molecule has 0 radical (unpaired) electrons. The van der Waals surface area contributed by atoms with Gasteiger partial charge in [-0.15, -0.1) is 11.3 Å². The van der Waals surface area contributed by atoms with Crippen LogP contribution in [0.5, 0.6) is 0 Å². The summed E-state index contributed by atoms with van der Waals surface area (Å²) in [5.74, 6) is -0.823. The van der Waals surface area contributed by atoms with Gasteiger partial charge in [-0.25, -0.2) is 4.79 Å². The van der Waals surface area contributed by atoms with E-state index in [0.29, 0.717) is 10.6 Å². The van der Waals surface area contributed by atoms with Gasteiger partial charge in [0.15, 0.2) is 0 Å². The van der Waals surface area contributed by atoms with Crippen molar-refractivity contribution in [3.63, 3.8) is 0 Å². The predicted molar refractivity (Wildman–Crippen MR) is 62.6 cm³/mol. The third-order valence-corrected chi connectivity index (χ3v) is 2.76. The van der Waals surface area contributed by atoms with E-state index in [2.05, 4.69) is 10.1 Å². The predicted octanol–water partition coefficient (Wildman–Crippen LogP) is 1.21. The lowest BCUT2D eigenvalue weighted by Gasteiger charge is -2.17. The number of rotatable bonds is 3. The summed E-state index contributed by atoms with van der Waals surface area (Å²) in [5, 5.41) is 4.29. The molecule has 1 aromatic heterocycles. The molecule has 0 aliphatic heterocycles. The molecule has 0 unspecified atom stereocenters. The molecule has 0 spiro atoms. The van der Waals surface area contributed by atoms with Crippen LogP contribution in [0.3, 0.4) is 0 Å². The van der Waals surface area contributed by atoms with E-state index in [1.54, 1.807) is 25.3 Å². The third-order valence-electron chi connectivity index (χ3n) is 1.87. The summed E-state index contributed by atoms with van der Waals surface area (Å²) in [6.45, 7) is 3.18. The molecular weight excluding hydrogens is 228 g/mol. The zero-order chi connectivity index (χ0) is 12.3. The van der Waals surface area contributed by atoms with Crippen LogP contribution >= 0.6 is 11.3 Å². The quantitative estimate of drug-likeness (QED) is 0.781. The summed E-state index contributed by atoms with van der Waals surface area (Å²) in [7, 11) is 1.29. The zero-order valence-corrected chi connectivity index (χ0v) is 10.2. The van der Waals surface area contributed by atoms with Gasteiger partial charge in [-0.2, -0.15) is 0 Å². The molecule has 88 valence electrons. The minimum absolute atomic E-state index is 0.351. The van der Waals surface area contributed by atoms with Crippen LogP contribution in [0.2, 0.25) is 0 Å². The Morgan fingerprint density at radius 2 is 2.12 bits per heavy atom. The van der Waals surface area contributed by atoms with Crippen LogP contribution < -0.4 is 11.1 Å². The highest BCUT2D eigenvalue weighted by Crippen LogP contribution is 2.23. The van der Waals surface area contributed by atoms with Gasteiger partial charge in [0.2, 0.25) is 5.91 Å². The van der Waals surface area contributed by atoms with Crippen molar-refractivity contribution in [3.8, 4) is 0 Å². The second-order valence-corrected chi connectivity index (χ2v) is 4.75. The van der Waals surface area contributed by atoms with Gasteiger partial charge in [0.25, 0.3) is 0 Å². The standard InChI is InChI=1S/C10H14N2O3S/c1-10(2,11)9(14)12-6-4-5-16-7(6)8(13)15-3/h4-5H,11H2,1-3H3,(H,12,14). The lowest BCUT2D eigenvalue weighted by atomic mass is 10.1. The smallest absolute Gasteiger partial charge is 0.350 e. The van der Waals surface area contributed by atoms with E-state index in [-0.39, 0.29) is 5.91 Å². The molecule has 16 heavy (non-hydrogen) atoms. The maximum absolute atomic E-state index is 11.6. The molecule has 1 heterocycles. The first-order valence-electron chi connectivity index (χ1n) is 4.62. The number of hydrogen-bond donors (Lipinski definition) is 2. The Hall–Kier alpha value is -1.40. The average Bonchev–Trinajstić information content (AvgIpc) is 2.63. The van der Waals surface area contributed by atoms with Crippen LogP contribution in [-0.4, -0.2) is 24.5 Å². The molecule has 0 saturated carbocycles. The second-order valence-electron chi connectivity index (χ2n) is 3.83. The number of hydrogen-bond acceptors (Lipinski definition) is 5. The molecule has 0 saturated heterocycles. The number of nitrogens with one attached hydrogen (secondary N) is 1. The maximum Gasteiger partial charge on any atom is 0.350 e. The fraction of sp³-hybridized carbons (Fsp3) is 0.400. The lowest BCUT2D eigenvalue weighted by molar-refractivity contribution is -0.120. The number of nitrogens with two attached hydrogens (primary N) is 1. The fourth-order valence-electron chi connectivity index (χ4n) is 0.942. The molecule has 3 N–H and O–H groups in total. The van der Waals surface area contributed by atoms with Gasteiger partial charge in [0.1, 0.15) is 4.88 Å². The van der Waals surface area contributed by atoms with E-state index >= 15 is 0 Å². The van der Waals surface area contributed by atoms with Gasteiger partial charge in [-0.3, -0.25) is 4.79 Å². The number of carbonyl (C=O) groups is 2. The van der Waals surface area contributed by atoms with Gasteiger partial charge < -0.3 is 15.8 Å². The lowest BCUT2D eigenvalue weighted by Crippen LogP contribution is -2.45. The summed E-state index contributed by atoms with van der Waals surface area (Å²) in [4.78, 5) is 23.3. The molecule has 1 amide bonds. The van der Waals surface area contributed by atoms with Crippen LogP contribution in [0.4, 0.5) is 5.69 Å². The van der Waals surface area contributed by atoms with E-state index < -0.39 is 11.5 Å². The number of thiophene rings is 1. The van der Waals surface area contributed by atoms with Crippen molar-refractivity contribution >= 4 is 28.9 Å². The highest BCUT2D eigenvalue weighted by molar-refractivity contribution is 7.12. The van der Waals surface area contributed by atoms with Crippen molar-refractivity contribution in [3.05, 3.63) is 16.3 Å². The Kier molecular flexibility index (Phi) is 3.66. The average molecular weight is 242 g/mol. The van der Waals surface area contributed by atoms with E-state index in [0.717, 1.165) is 0 Å². The Labute approximate surface area is 97.6 Å². The molecular formula is C10H14N2O3S. The molecule has 0 aliphatic carbocycles. The molecule has 5 nitrogen and oxygen atoms in total. The van der Waals surface area contributed by atoms with Crippen molar-refractivity contribution in [1.82, 2.24) is 0 Å². The summed E-state index contributed by atoms with van der Waals surface area (Å²) in [6, 6.07) is 1.64. The number of carbonyl (C=O) groups excluding carboxylic acids is 2. The number of anilines is 1. The number of amides is 1. The molecule has 1 aromatic rings. The minimum atomic E-state index is -0.991. The number of methoxy groups -OCH3 is 1. The highest BCUT2D eigenvalue weighted by atomic mass is 32.1. The topological polar surface area (TPSA) is 81.4 Å². The molecule has 6 heteroatoms. The van der Waals surface area contributed by atoms with Crippen LogP contribution in [0.15, 0.2) is 11.4 Å². The van der Waals surface area contributed by atoms with E-state index in [4.69, 9.17) is 5.73 Å². The van der Waals surface area contributed by atoms with Crippen molar-refractivity contribution in [2.24, 2.45) is 5.73 Å². The maximum atomic E-state index is 11.6. The Morgan fingerprint density at radius 3 is 2.62 bits per heavy atom. The zero-order valence-electron chi connectivity index (χ0n) is 9.37. The molecule has 0 aromatic carbocycles. The SMILES string of the molecule is COC(=O)c1sccc1NC(=O)C(C)(C)N. The summed E-state index contributed by atoms with van der Waals surface area (Å²) >= 11 is 1.20. The Morgan fingerprint density at radius 1 is 1.50 bits per heavy atom. The molecule has 0 bridgehead atoms.